The maximum atomic E-state index is 11.2. The van der Waals surface area contributed by atoms with Crippen LogP contribution < -0.4 is 10.4 Å². The van der Waals surface area contributed by atoms with Gasteiger partial charge < -0.3 is 15.2 Å². The van der Waals surface area contributed by atoms with Gasteiger partial charge in [0.2, 0.25) is 0 Å². The number of carboxylic acid groups (broad SMARTS) is 1. The van der Waals surface area contributed by atoms with Crippen molar-refractivity contribution in [2.75, 3.05) is 5.32 Å². The number of anilines is 1. The molecule has 0 amide bonds. The van der Waals surface area contributed by atoms with Crippen LogP contribution >= 0.6 is 22.6 Å². The fraction of sp³-hybridized carbons (Fsp3) is 0.308. The number of hydrogen-bond acceptors (Lipinski definition) is 3. The summed E-state index contributed by atoms with van der Waals surface area (Å²) in [6, 6.07) is 5.49. The fourth-order valence-electron chi connectivity index (χ4n) is 2.82. The van der Waals surface area contributed by atoms with E-state index in [2.05, 4.69) is 46.1 Å². The molecule has 1 aliphatic heterocycles. The first-order valence-electron chi connectivity index (χ1n) is 5.61. The van der Waals surface area contributed by atoms with Gasteiger partial charge in [0.25, 0.3) is 0 Å². The molecular formula is C13H11INO2-. The average Bonchev–Trinajstić information content (AvgIpc) is 2.77. The van der Waals surface area contributed by atoms with E-state index in [0.29, 0.717) is 0 Å². The maximum Gasteiger partial charge on any atom is 0.0698 e. The van der Waals surface area contributed by atoms with E-state index in [0.717, 1.165) is 15.7 Å². The lowest BCUT2D eigenvalue weighted by Gasteiger charge is -2.38. The van der Waals surface area contributed by atoms with E-state index in [1.165, 1.54) is 5.56 Å². The minimum absolute atomic E-state index is 0.0886. The smallest absolute Gasteiger partial charge is 0.0698 e. The molecule has 17 heavy (non-hydrogen) atoms. The number of carbonyl (C=O) groups is 1. The summed E-state index contributed by atoms with van der Waals surface area (Å²) in [5.41, 5.74) is 2.16. The van der Waals surface area contributed by atoms with Crippen LogP contribution in [0.1, 0.15) is 17.9 Å². The van der Waals surface area contributed by atoms with Crippen molar-refractivity contribution in [1.82, 2.24) is 0 Å². The Balaban J connectivity index is 2.12. The van der Waals surface area contributed by atoms with Crippen molar-refractivity contribution in [3.05, 3.63) is 39.5 Å². The molecular weight excluding hydrogens is 329 g/mol. The summed E-state index contributed by atoms with van der Waals surface area (Å²) in [6.45, 7) is 0. The van der Waals surface area contributed by atoms with Gasteiger partial charge >= 0.3 is 0 Å². The zero-order valence-electron chi connectivity index (χ0n) is 9.02. The van der Waals surface area contributed by atoms with Crippen molar-refractivity contribution in [3.63, 3.8) is 0 Å². The monoisotopic (exact) mass is 340 g/mol. The number of rotatable bonds is 1. The van der Waals surface area contributed by atoms with E-state index in [-0.39, 0.29) is 11.8 Å². The second-order valence-electron chi connectivity index (χ2n) is 4.50. The number of fused-ring (bicyclic) bond motifs is 3. The van der Waals surface area contributed by atoms with Crippen LogP contribution in [0.3, 0.4) is 0 Å². The highest BCUT2D eigenvalue weighted by Gasteiger charge is 2.38. The Morgan fingerprint density at radius 1 is 1.47 bits per heavy atom. The quantitative estimate of drug-likeness (QED) is 0.623. The van der Waals surface area contributed by atoms with E-state index in [4.69, 9.17) is 0 Å². The fourth-order valence-corrected chi connectivity index (χ4v) is 3.49. The first kappa shape index (κ1) is 11.1. The molecule has 1 aromatic carbocycles. The lowest BCUT2D eigenvalue weighted by Crippen LogP contribution is -2.49. The normalized spacial score (nSPS) is 29.4. The predicted octanol–water partition coefficient (Wildman–Crippen LogP) is 1.49. The van der Waals surface area contributed by atoms with E-state index < -0.39 is 12.0 Å². The summed E-state index contributed by atoms with van der Waals surface area (Å²) in [6.07, 6.45) is 5.00. The van der Waals surface area contributed by atoms with Gasteiger partial charge in [-0.15, -0.1) is 0 Å². The number of allylic oxidation sites excluding steroid dienone is 2. The maximum absolute atomic E-state index is 11.2. The Kier molecular flexibility index (Phi) is 2.61. The van der Waals surface area contributed by atoms with Gasteiger partial charge in [0, 0.05) is 9.49 Å². The van der Waals surface area contributed by atoms with Gasteiger partial charge in [-0.1, -0.05) is 24.3 Å². The first-order valence-corrected chi connectivity index (χ1v) is 6.69. The van der Waals surface area contributed by atoms with Crippen molar-refractivity contribution in [2.24, 2.45) is 5.92 Å². The van der Waals surface area contributed by atoms with Gasteiger partial charge in [-0.05, 0) is 46.6 Å². The summed E-state index contributed by atoms with van der Waals surface area (Å²) in [4.78, 5) is 11.2. The molecule has 0 radical (unpaired) electrons. The molecule has 3 rings (SSSR count). The molecule has 3 nitrogen and oxygen atoms in total. The van der Waals surface area contributed by atoms with E-state index in [1.807, 2.05) is 12.1 Å². The first-order chi connectivity index (χ1) is 8.18. The Labute approximate surface area is 113 Å². The number of halogens is 1. The number of carbonyl (C=O) groups excluding carboxylic acids is 1. The SMILES string of the molecule is O=C([O-])[C@@H]1Nc2c(I)cccc2[C@H]2C=CC[C@H]21. The number of para-hydroxylation sites is 1. The average molecular weight is 340 g/mol. The molecule has 0 unspecified atom stereocenters. The van der Waals surface area contributed by atoms with Gasteiger partial charge in [0.15, 0.2) is 0 Å². The van der Waals surface area contributed by atoms with Crippen molar-refractivity contribution in [3.8, 4) is 0 Å². The Morgan fingerprint density at radius 3 is 3.06 bits per heavy atom. The lowest BCUT2D eigenvalue weighted by molar-refractivity contribution is -0.308. The van der Waals surface area contributed by atoms with Gasteiger partial charge in [0.05, 0.1) is 17.7 Å². The third-order valence-corrected chi connectivity index (χ3v) is 4.50. The number of hydrogen-bond donors (Lipinski definition) is 1. The summed E-state index contributed by atoms with van der Waals surface area (Å²) >= 11 is 2.23. The van der Waals surface area contributed by atoms with Crippen molar-refractivity contribution in [2.45, 2.75) is 18.4 Å². The molecule has 0 fully saturated rings. The highest BCUT2D eigenvalue weighted by molar-refractivity contribution is 14.1. The minimum atomic E-state index is -1.01. The zero-order valence-corrected chi connectivity index (χ0v) is 11.2. The number of benzene rings is 1. The molecule has 1 heterocycles. The van der Waals surface area contributed by atoms with E-state index in [1.54, 1.807) is 0 Å². The van der Waals surface area contributed by atoms with Gasteiger partial charge in [-0.2, -0.15) is 0 Å². The van der Waals surface area contributed by atoms with Crippen LogP contribution in [0.5, 0.6) is 0 Å². The molecule has 1 aromatic rings. The zero-order chi connectivity index (χ0) is 12.0. The molecule has 1 N–H and O–H groups in total. The highest BCUT2D eigenvalue weighted by atomic mass is 127. The van der Waals surface area contributed by atoms with E-state index >= 15 is 0 Å². The Morgan fingerprint density at radius 2 is 2.29 bits per heavy atom. The summed E-state index contributed by atoms with van der Waals surface area (Å²) in [5, 5.41) is 14.3. The van der Waals surface area contributed by atoms with Crippen LogP contribution in [0.4, 0.5) is 5.69 Å². The lowest BCUT2D eigenvalue weighted by atomic mass is 9.79. The molecule has 0 bridgehead atoms. The van der Waals surface area contributed by atoms with Crippen molar-refractivity contribution >= 4 is 34.2 Å². The summed E-state index contributed by atoms with van der Waals surface area (Å²) in [5.74, 6) is -0.705. The van der Waals surface area contributed by atoms with Crippen molar-refractivity contribution in [1.29, 1.82) is 0 Å². The number of carboxylic acids is 1. The molecule has 0 aromatic heterocycles. The molecule has 88 valence electrons. The second-order valence-corrected chi connectivity index (χ2v) is 5.66. The van der Waals surface area contributed by atoms with Crippen LogP contribution in [0, 0.1) is 9.49 Å². The van der Waals surface area contributed by atoms with Crippen molar-refractivity contribution < 1.29 is 9.90 Å². The highest BCUT2D eigenvalue weighted by Crippen LogP contribution is 2.45. The Bertz CT molecular complexity index is 512. The third kappa shape index (κ3) is 1.66. The molecule has 3 atom stereocenters. The van der Waals surface area contributed by atoms with Gasteiger partial charge in [0.1, 0.15) is 0 Å². The van der Waals surface area contributed by atoms with Gasteiger partial charge in [-0.3, -0.25) is 0 Å². The van der Waals surface area contributed by atoms with Crippen LogP contribution in [0.15, 0.2) is 30.4 Å². The Hall–Kier alpha value is -1.04. The van der Waals surface area contributed by atoms with Crippen LogP contribution in [-0.2, 0) is 4.79 Å². The molecule has 1 aliphatic carbocycles. The molecule has 0 saturated carbocycles. The van der Waals surface area contributed by atoms with Gasteiger partial charge in [-0.25, -0.2) is 0 Å². The number of nitrogens with one attached hydrogen (secondary N) is 1. The largest absolute Gasteiger partial charge is 0.548 e. The topological polar surface area (TPSA) is 52.2 Å². The minimum Gasteiger partial charge on any atom is -0.548 e. The predicted molar refractivity (Wildman–Crippen MR) is 71.6 cm³/mol. The van der Waals surface area contributed by atoms with Crippen LogP contribution in [0.25, 0.3) is 0 Å². The van der Waals surface area contributed by atoms with Crippen LogP contribution in [-0.4, -0.2) is 12.0 Å². The standard InChI is InChI=1S/C13H12INO2/c14-10-6-2-5-8-7-3-1-4-9(7)12(13(16)17)15-11(8)10/h1-3,5-7,9,12,15H,4H2,(H,16,17)/p-1/t7-,9-,12-/m1/s1. The van der Waals surface area contributed by atoms with E-state index in [9.17, 15) is 9.90 Å². The summed E-state index contributed by atoms with van der Waals surface area (Å²) < 4.78 is 1.06. The molecule has 4 heteroatoms. The molecule has 2 aliphatic rings. The summed E-state index contributed by atoms with van der Waals surface area (Å²) in [7, 11) is 0. The second kappa shape index (κ2) is 4.01. The molecule has 0 saturated heterocycles. The third-order valence-electron chi connectivity index (χ3n) is 3.60. The number of aliphatic carboxylic acids is 1. The molecule has 0 spiro atoms. The van der Waals surface area contributed by atoms with Crippen LogP contribution in [0.2, 0.25) is 0 Å².